The number of benzene rings is 1. The van der Waals surface area contributed by atoms with E-state index in [1.54, 1.807) is 30.3 Å². The number of thioether (sulfide) groups is 1. The maximum absolute atomic E-state index is 12.8. The number of carboxylic acids is 1. The lowest BCUT2D eigenvalue weighted by molar-refractivity contribution is -0.142. The van der Waals surface area contributed by atoms with Gasteiger partial charge in [0.1, 0.15) is 12.1 Å². The number of carbonyl (C=O) groups excluding carboxylic acids is 4. The van der Waals surface area contributed by atoms with Crippen LogP contribution in [0.4, 0.5) is 0 Å². The van der Waals surface area contributed by atoms with E-state index in [9.17, 15) is 29.1 Å². The van der Waals surface area contributed by atoms with Crippen LogP contribution >= 0.6 is 11.8 Å². The molecule has 1 aromatic carbocycles. The smallest absolute Gasteiger partial charge is 0.326 e. The number of rotatable bonds is 15. The summed E-state index contributed by atoms with van der Waals surface area (Å²) in [6.45, 7) is -0.448. The molecule has 8 N–H and O–H groups in total. The third-order valence-electron chi connectivity index (χ3n) is 4.62. The van der Waals surface area contributed by atoms with Crippen molar-refractivity contribution in [3.63, 3.8) is 0 Å². The van der Waals surface area contributed by atoms with Crippen LogP contribution in [0.3, 0.4) is 0 Å². The van der Waals surface area contributed by atoms with Crippen molar-refractivity contribution in [2.75, 3.05) is 18.6 Å². The van der Waals surface area contributed by atoms with Crippen molar-refractivity contribution in [1.29, 1.82) is 0 Å². The molecule has 0 saturated heterocycles. The molecule has 0 bridgehead atoms. The summed E-state index contributed by atoms with van der Waals surface area (Å²) in [4.78, 5) is 59.5. The summed E-state index contributed by atoms with van der Waals surface area (Å²) in [6.07, 6.45) is 2.15. The van der Waals surface area contributed by atoms with Gasteiger partial charge in [-0.1, -0.05) is 30.3 Å². The number of nitrogens with one attached hydrogen (secondary N) is 3. The first-order valence-corrected chi connectivity index (χ1v) is 11.7. The highest BCUT2D eigenvalue weighted by Gasteiger charge is 2.27. The number of hydrogen-bond acceptors (Lipinski definition) is 7. The number of carboxylic acid groups (broad SMARTS) is 1. The molecule has 11 nitrogen and oxygen atoms in total. The number of carbonyl (C=O) groups is 5. The lowest BCUT2D eigenvalue weighted by Crippen LogP contribution is -2.54. The summed E-state index contributed by atoms with van der Waals surface area (Å²) in [5, 5.41) is 16.7. The molecule has 0 spiro atoms. The number of amides is 4. The molecule has 12 heteroatoms. The summed E-state index contributed by atoms with van der Waals surface area (Å²) >= 11 is 1.45. The van der Waals surface area contributed by atoms with Crippen molar-refractivity contribution in [2.24, 2.45) is 11.5 Å². The Hall–Kier alpha value is -3.12. The van der Waals surface area contributed by atoms with Crippen molar-refractivity contribution in [3.8, 4) is 0 Å². The molecule has 0 heterocycles. The van der Waals surface area contributed by atoms with Gasteiger partial charge in [0.05, 0.1) is 12.6 Å². The first-order valence-electron chi connectivity index (χ1n) is 10.3. The second-order valence-corrected chi connectivity index (χ2v) is 8.31. The molecule has 33 heavy (non-hydrogen) atoms. The van der Waals surface area contributed by atoms with Crippen molar-refractivity contribution < 1.29 is 29.1 Å². The summed E-state index contributed by atoms with van der Waals surface area (Å²) < 4.78 is 0. The van der Waals surface area contributed by atoms with Crippen molar-refractivity contribution >= 4 is 41.4 Å². The first kappa shape index (κ1) is 27.9. The molecule has 0 fully saturated rings. The van der Waals surface area contributed by atoms with E-state index in [1.165, 1.54) is 11.8 Å². The van der Waals surface area contributed by atoms with E-state index in [0.29, 0.717) is 5.75 Å². The Balaban J connectivity index is 2.78. The Morgan fingerprint density at radius 2 is 1.67 bits per heavy atom. The zero-order valence-corrected chi connectivity index (χ0v) is 19.2. The van der Waals surface area contributed by atoms with Gasteiger partial charge in [0.15, 0.2) is 0 Å². The normalized spacial score (nSPS) is 13.3. The molecule has 3 atom stereocenters. The van der Waals surface area contributed by atoms with Crippen molar-refractivity contribution in [2.45, 2.75) is 43.8 Å². The van der Waals surface area contributed by atoms with Crippen LogP contribution in [0.25, 0.3) is 0 Å². The first-order chi connectivity index (χ1) is 15.6. The molecule has 0 aliphatic rings. The SMILES string of the molecule is CSCCC(NC(=O)C(Cc1ccccc1)NC(=O)CNC(=O)C(N)CCC(N)=O)C(=O)O. The number of hydrogen-bond donors (Lipinski definition) is 6. The zero-order chi connectivity index (χ0) is 24.8. The molecular weight excluding hydrogens is 450 g/mol. The maximum Gasteiger partial charge on any atom is 0.326 e. The van der Waals surface area contributed by atoms with Gasteiger partial charge < -0.3 is 32.5 Å². The monoisotopic (exact) mass is 481 g/mol. The predicted molar refractivity (Wildman–Crippen MR) is 124 cm³/mol. The molecule has 3 unspecified atom stereocenters. The second kappa shape index (κ2) is 14.9. The van der Waals surface area contributed by atoms with Crippen LogP contribution in [-0.2, 0) is 30.4 Å². The molecule has 4 amide bonds. The van der Waals surface area contributed by atoms with E-state index in [-0.39, 0.29) is 25.7 Å². The predicted octanol–water partition coefficient (Wildman–Crippen LogP) is -1.25. The average molecular weight is 482 g/mol. The molecular formula is C21H31N5O6S. The molecule has 0 aliphatic heterocycles. The Morgan fingerprint density at radius 1 is 1.00 bits per heavy atom. The van der Waals surface area contributed by atoms with E-state index in [1.807, 2.05) is 6.26 Å². The second-order valence-electron chi connectivity index (χ2n) is 7.32. The van der Waals surface area contributed by atoms with Crippen LogP contribution in [0.5, 0.6) is 0 Å². The van der Waals surface area contributed by atoms with Gasteiger partial charge in [-0.25, -0.2) is 4.79 Å². The summed E-state index contributed by atoms with van der Waals surface area (Å²) in [6, 6.07) is 5.73. The van der Waals surface area contributed by atoms with Gasteiger partial charge in [0.2, 0.25) is 23.6 Å². The Morgan fingerprint density at radius 3 is 2.24 bits per heavy atom. The van der Waals surface area contributed by atoms with E-state index in [0.717, 1.165) is 5.56 Å². The number of aliphatic carboxylic acids is 1. The molecule has 1 aromatic rings. The van der Waals surface area contributed by atoms with E-state index in [2.05, 4.69) is 16.0 Å². The van der Waals surface area contributed by atoms with Gasteiger partial charge in [-0.3, -0.25) is 19.2 Å². The fourth-order valence-corrected chi connectivity index (χ4v) is 3.27. The molecule has 0 aliphatic carbocycles. The number of primary amides is 1. The fourth-order valence-electron chi connectivity index (χ4n) is 2.80. The molecule has 182 valence electrons. The molecule has 0 radical (unpaired) electrons. The Kier molecular flexibility index (Phi) is 12.6. The minimum absolute atomic E-state index is 0.0362. The molecule has 1 rings (SSSR count). The van der Waals surface area contributed by atoms with Crippen LogP contribution in [0.1, 0.15) is 24.8 Å². The highest BCUT2D eigenvalue weighted by atomic mass is 32.2. The summed E-state index contributed by atoms with van der Waals surface area (Å²) in [7, 11) is 0. The van der Waals surface area contributed by atoms with Gasteiger partial charge in [-0.2, -0.15) is 11.8 Å². The zero-order valence-electron chi connectivity index (χ0n) is 18.4. The topological polar surface area (TPSA) is 194 Å². The van der Waals surface area contributed by atoms with Gasteiger partial charge in [-0.15, -0.1) is 0 Å². The third-order valence-corrected chi connectivity index (χ3v) is 5.27. The van der Waals surface area contributed by atoms with Crippen LogP contribution in [0.2, 0.25) is 0 Å². The van der Waals surface area contributed by atoms with Crippen LogP contribution in [-0.4, -0.2) is 71.4 Å². The van der Waals surface area contributed by atoms with Crippen LogP contribution in [0, 0.1) is 0 Å². The molecule has 0 saturated carbocycles. The third kappa shape index (κ3) is 11.3. The van der Waals surface area contributed by atoms with Crippen molar-refractivity contribution in [1.82, 2.24) is 16.0 Å². The number of nitrogens with two attached hydrogens (primary N) is 2. The van der Waals surface area contributed by atoms with E-state index >= 15 is 0 Å². The fraction of sp³-hybridized carbons (Fsp3) is 0.476. The van der Waals surface area contributed by atoms with Crippen molar-refractivity contribution in [3.05, 3.63) is 35.9 Å². The summed E-state index contributed by atoms with van der Waals surface area (Å²) in [5.74, 6) is -3.17. The quantitative estimate of drug-likeness (QED) is 0.179. The standard InChI is InChI=1S/C21H31N5O6S/c1-33-10-9-15(21(31)32)26-20(30)16(11-13-5-3-2-4-6-13)25-18(28)12-24-19(29)14(22)7-8-17(23)27/h2-6,14-16H,7-12,22H2,1H3,(H2,23,27)(H,24,29)(H,25,28)(H,26,30)(H,31,32). The Labute approximate surface area is 196 Å². The Bertz CT molecular complexity index is 823. The van der Waals surface area contributed by atoms with Crippen LogP contribution < -0.4 is 27.4 Å². The minimum atomic E-state index is -1.17. The van der Waals surface area contributed by atoms with Gasteiger partial charge >= 0.3 is 5.97 Å². The lowest BCUT2D eigenvalue weighted by atomic mass is 10.0. The van der Waals surface area contributed by atoms with Gasteiger partial charge in [0.25, 0.3) is 0 Å². The molecule has 0 aromatic heterocycles. The van der Waals surface area contributed by atoms with Gasteiger partial charge in [0, 0.05) is 12.8 Å². The van der Waals surface area contributed by atoms with Crippen LogP contribution in [0.15, 0.2) is 30.3 Å². The van der Waals surface area contributed by atoms with E-state index < -0.39 is 54.3 Å². The minimum Gasteiger partial charge on any atom is -0.480 e. The maximum atomic E-state index is 12.8. The summed E-state index contributed by atoms with van der Waals surface area (Å²) in [5.41, 5.74) is 11.4. The lowest BCUT2D eigenvalue weighted by Gasteiger charge is -2.22. The van der Waals surface area contributed by atoms with Gasteiger partial charge in [-0.05, 0) is 30.4 Å². The average Bonchev–Trinajstić information content (AvgIpc) is 2.78. The largest absolute Gasteiger partial charge is 0.480 e. The highest BCUT2D eigenvalue weighted by Crippen LogP contribution is 2.06. The van der Waals surface area contributed by atoms with E-state index in [4.69, 9.17) is 11.5 Å². The highest BCUT2D eigenvalue weighted by molar-refractivity contribution is 7.98.